The molecule has 7 nitrogen and oxygen atoms in total. The highest BCUT2D eigenvalue weighted by Crippen LogP contribution is 2.16. The van der Waals surface area contributed by atoms with Crippen molar-refractivity contribution in [3.05, 3.63) is 15.6 Å². The maximum absolute atomic E-state index is 11.7. The van der Waals surface area contributed by atoms with Crippen LogP contribution in [0.5, 0.6) is 0 Å². The molecule has 0 aromatic carbocycles. The monoisotopic (exact) mass is 503 g/mol. The summed E-state index contributed by atoms with van der Waals surface area (Å²) in [6, 6.07) is 0. The number of guanidine groups is 1. The molecule has 0 amide bonds. The van der Waals surface area contributed by atoms with E-state index >= 15 is 0 Å². The summed E-state index contributed by atoms with van der Waals surface area (Å²) in [6.07, 6.45) is 0.718. The number of thiazole rings is 1. The Morgan fingerprint density at radius 1 is 1.28 bits per heavy atom. The van der Waals surface area contributed by atoms with Crippen molar-refractivity contribution in [2.24, 2.45) is 4.99 Å². The number of sulfonamides is 1. The van der Waals surface area contributed by atoms with Gasteiger partial charge in [-0.15, -0.1) is 35.3 Å². The minimum absolute atomic E-state index is 0. The van der Waals surface area contributed by atoms with Gasteiger partial charge in [0.15, 0.2) is 5.96 Å². The van der Waals surface area contributed by atoms with Crippen LogP contribution >= 0.6 is 35.3 Å². The second-order valence-electron chi connectivity index (χ2n) is 5.45. The quantitative estimate of drug-likeness (QED) is 0.233. The summed E-state index contributed by atoms with van der Waals surface area (Å²) in [6.45, 7) is 10.2. The molecule has 0 fully saturated rings. The third-order valence-electron chi connectivity index (χ3n) is 3.57. The van der Waals surface area contributed by atoms with Crippen LogP contribution in [0.1, 0.15) is 35.8 Å². The van der Waals surface area contributed by atoms with Crippen LogP contribution in [-0.4, -0.2) is 56.1 Å². The largest absolute Gasteiger partial charge is 0.357 e. The van der Waals surface area contributed by atoms with Crippen molar-refractivity contribution in [2.45, 2.75) is 40.7 Å². The summed E-state index contributed by atoms with van der Waals surface area (Å²) in [5.74, 6) is 0.859. The predicted molar refractivity (Wildman–Crippen MR) is 117 cm³/mol. The Bertz CT molecular complexity index is 627. The van der Waals surface area contributed by atoms with Gasteiger partial charge in [-0.1, -0.05) is 0 Å². The van der Waals surface area contributed by atoms with Gasteiger partial charge in [0, 0.05) is 31.6 Å². The summed E-state index contributed by atoms with van der Waals surface area (Å²) >= 11 is 1.66. The lowest BCUT2D eigenvalue weighted by Gasteiger charge is -2.16. The minimum Gasteiger partial charge on any atom is -0.357 e. The van der Waals surface area contributed by atoms with Gasteiger partial charge in [-0.3, -0.25) is 0 Å². The van der Waals surface area contributed by atoms with Crippen LogP contribution in [0.3, 0.4) is 0 Å². The van der Waals surface area contributed by atoms with Crippen LogP contribution in [0.15, 0.2) is 4.99 Å². The normalized spacial score (nSPS) is 12.2. The number of aryl methyl sites for hydroxylation is 2. The van der Waals surface area contributed by atoms with E-state index in [0.29, 0.717) is 19.6 Å². The molecule has 1 aromatic heterocycles. The van der Waals surface area contributed by atoms with Crippen molar-refractivity contribution < 1.29 is 8.42 Å². The molecule has 0 unspecified atom stereocenters. The Kier molecular flexibility index (Phi) is 11.8. The molecule has 0 bridgehead atoms. The smallest absolute Gasteiger partial charge is 0.213 e. The fourth-order valence-corrected chi connectivity index (χ4v) is 3.67. The number of hydrogen-bond acceptors (Lipinski definition) is 5. The summed E-state index contributed by atoms with van der Waals surface area (Å²) in [5.41, 5.74) is 1.06. The molecule has 0 aliphatic rings. The van der Waals surface area contributed by atoms with Gasteiger partial charge in [-0.2, -0.15) is 0 Å². The number of halogens is 1. The van der Waals surface area contributed by atoms with Crippen LogP contribution in [-0.2, 0) is 16.6 Å². The lowest BCUT2D eigenvalue weighted by atomic mass is 10.4. The fraction of sp³-hybridized carbons (Fsp3) is 0.733. The molecule has 1 aromatic rings. The summed E-state index contributed by atoms with van der Waals surface area (Å²) < 4.78 is 24.8. The number of aromatic nitrogens is 1. The second kappa shape index (κ2) is 12.0. The number of aliphatic imine (C=N–C) groups is 1. The van der Waals surface area contributed by atoms with E-state index in [2.05, 4.69) is 27.5 Å². The average molecular weight is 503 g/mol. The molecule has 1 heterocycles. The predicted octanol–water partition coefficient (Wildman–Crippen LogP) is 2.10. The summed E-state index contributed by atoms with van der Waals surface area (Å²) in [5, 5.41) is 7.42. The van der Waals surface area contributed by atoms with Gasteiger partial charge in [0.25, 0.3) is 0 Å². The van der Waals surface area contributed by atoms with E-state index < -0.39 is 10.0 Å². The van der Waals surface area contributed by atoms with Crippen LogP contribution in [0.25, 0.3) is 0 Å². The number of nitrogens with zero attached hydrogens (tertiary/aromatic N) is 3. The van der Waals surface area contributed by atoms with E-state index in [0.717, 1.165) is 29.6 Å². The van der Waals surface area contributed by atoms with E-state index in [1.165, 1.54) is 9.18 Å². The Hall–Kier alpha value is -0.460. The van der Waals surface area contributed by atoms with E-state index in [4.69, 9.17) is 0 Å². The SMILES string of the molecule is CCNC(=NCc1nc(C)c(C)s1)NCCCN(C)S(=O)(=O)CC.I. The molecule has 0 atom stereocenters. The first-order valence-electron chi connectivity index (χ1n) is 8.19. The Balaban J connectivity index is 0.00000576. The fourth-order valence-electron chi connectivity index (χ4n) is 1.96. The molecule has 25 heavy (non-hydrogen) atoms. The number of hydrogen-bond donors (Lipinski definition) is 2. The highest BCUT2D eigenvalue weighted by molar-refractivity contribution is 14.0. The van der Waals surface area contributed by atoms with Gasteiger partial charge in [-0.05, 0) is 34.1 Å². The van der Waals surface area contributed by atoms with Crippen molar-refractivity contribution in [1.82, 2.24) is 19.9 Å². The topological polar surface area (TPSA) is 86.7 Å². The molecule has 1 rings (SSSR count). The van der Waals surface area contributed by atoms with Crippen molar-refractivity contribution in [2.75, 3.05) is 32.4 Å². The van der Waals surface area contributed by atoms with Gasteiger partial charge in [0.05, 0.1) is 18.0 Å². The van der Waals surface area contributed by atoms with Gasteiger partial charge < -0.3 is 10.6 Å². The standard InChI is InChI=1S/C15H29N5O2S2.HI/c1-6-16-15(18-11-14-19-12(3)13(4)23-14)17-9-8-10-20(5)24(21,22)7-2;/h6-11H2,1-5H3,(H2,16,17,18);1H. The molecule has 0 spiro atoms. The van der Waals surface area contributed by atoms with E-state index in [9.17, 15) is 8.42 Å². The van der Waals surface area contributed by atoms with Crippen molar-refractivity contribution in [3.63, 3.8) is 0 Å². The maximum Gasteiger partial charge on any atom is 0.213 e. The molecule has 0 aliphatic heterocycles. The Morgan fingerprint density at radius 3 is 2.48 bits per heavy atom. The summed E-state index contributed by atoms with van der Waals surface area (Å²) in [4.78, 5) is 10.2. The van der Waals surface area contributed by atoms with E-state index in [1.54, 1.807) is 25.3 Å². The lowest BCUT2D eigenvalue weighted by molar-refractivity contribution is 0.461. The average Bonchev–Trinajstić information content (AvgIpc) is 2.87. The van der Waals surface area contributed by atoms with Crippen molar-refractivity contribution in [3.8, 4) is 0 Å². The van der Waals surface area contributed by atoms with Crippen LogP contribution in [0.2, 0.25) is 0 Å². The van der Waals surface area contributed by atoms with E-state index in [-0.39, 0.29) is 29.7 Å². The zero-order valence-electron chi connectivity index (χ0n) is 15.6. The first-order chi connectivity index (χ1) is 11.3. The molecular weight excluding hydrogens is 473 g/mol. The molecule has 10 heteroatoms. The third-order valence-corrected chi connectivity index (χ3v) is 6.49. The van der Waals surface area contributed by atoms with Gasteiger partial charge >= 0.3 is 0 Å². The number of rotatable bonds is 9. The van der Waals surface area contributed by atoms with Gasteiger partial charge in [-0.25, -0.2) is 22.7 Å². The van der Waals surface area contributed by atoms with E-state index in [1.807, 2.05) is 13.8 Å². The highest BCUT2D eigenvalue weighted by atomic mass is 127. The summed E-state index contributed by atoms with van der Waals surface area (Å²) in [7, 11) is -1.49. The first kappa shape index (κ1) is 24.5. The van der Waals surface area contributed by atoms with Crippen LogP contribution < -0.4 is 10.6 Å². The van der Waals surface area contributed by atoms with Crippen molar-refractivity contribution in [1.29, 1.82) is 0 Å². The zero-order chi connectivity index (χ0) is 18.2. The molecule has 0 saturated carbocycles. The first-order valence-corrected chi connectivity index (χ1v) is 10.6. The molecule has 146 valence electrons. The minimum atomic E-state index is -3.10. The number of nitrogens with one attached hydrogen (secondary N) is 2. The van der Waals surface area contributed by atoms with Crippen molar-refractivity contribution >= 4 is 51.3 Å². The third kappa shape index (κ3) is 8.65. The maximum atomic E-state index is 11.7. The van der Waals surface area contributed by atoms with Crippen LogP contribution in [0, 0.1) is 13.8 Å². The van der Waals surface area contributed by atoms with Gasteiger partial charge in [0.1, 0.15) is 5.01 Å². The van der Waals surface area contributed by atoms with Gasteiger partial charge in [0.2, 0.25) is 10.0 Å². The Labute approximate surface area is 172 Å². The molecule has 2 N–H and O–H groups in total. The Morgan fingerprint density at radius 2 is 1.96 bits per heavy atom. The molecule has 0 aliphatic carbocycles. The second-order valence-corrected chi connectivity index (χ2v) is 9.10. The van der Waals surface area contributed by atoms with Crippen LogP contribution in [0.4, 0.5) is 0 Å². The lowest BCUT2D eigenvalue weighted by Crippen LogP contribution is -2.39. The zero-order valence-corrected chi connectivity index (χ0v) is 19.6. The molecule has 0 radical (unpaired) electrons. The molecule has 0 saturated heterocycles. The molecular formula is C15H30IN5O2S2. The highest BCUT2D eigenvalue weighted by Gasteiger charge is 2.13.